The van der Waals surface area contributed by atoms with Crippen molar-refractivity contribution in [2.45, 2.75) is 32.7 Å². The standard InChI is InChI=1S/C17H23N/c1-5-14(4)11-18-10-9-17-15(12-18)7-6-8-16(17)13(2)3/h5-8,13H,1,4,9-12H2,2-3H3. The first kappa shape index (κ1) is 13.1. The Balaban J connectivity index is 2.18. The van der Waals surface area contributed by atoms with Gasteiger partial charge in [-0.15, -0.1) is 0 Å². The maximum atomic E-state index is 4.01. The molecular formula is C17H23N. The van der Waals surface area contributed by atoms with Crippen molar-refractivity contribution in [2.75, 3.05) is 13.1 Å². The predicted octanol–water partition coefficient (Wildman–Crippen LogP) is 3.91. The van der Waals surface area contributed by atoms with E-state index in [9.17, 15) is 0 Å². The van der Waals surface area contributed by atoms with Gasteiger partial charge in [-0.2, -0.15) is 0 Å². The van der Waals surface area contributed by atoms with Gasteiger partial charge in [-0.25, -0.2) is 0 Å². The molecule has 0 N–H and O–H groups in total. The number of hydrogen-bond acceptors (Lipinski definition) is 1. The highest BCUT2D eigenvalue weighted by atomic mass is 15.1. The van der Waals surface area contributed by atoms with Crippen molar-refractivity contribution in [1.82, 2.24) is 4.90 Å². The number of fused-ring (bicyclic) bond motifs is 1. The van der Waals surface area contributed by atoms with Gasteiger partial charge in [0, 0.05) is 19.6 Å². The lowest BCUT2D eigenvalue weighted by atomic mass is 9.89. The van der Waals surface area contributed by atoms with Crippen molar-refractivity contribution in [3.05, 3.63) is 59.7 Å². The maximum Gasteiger partial charge on any atom is 0.0240 e. The zero-order valence-corrected chi connectivity index (χ0v) is 11.6. The smallest absolute Gasteiger partial charge is 0.0240 e. The lowest BCUT2D eigenvalue weighted by molar-refractivity contribution is 0.277. The fourth-order valence-electron chi connectivity index (χ4n) is 2.73. The van der Waals surface area contributed by atoms with E-state index in [0.717, 1.165) is 31.6 Å². The topological polar surface area (TPSA) is 3.24 Å². The molecule has 0 aromatic heterocycles. The number of rotatable bonds is 4. The molecule has 0 atom stereocenters. The van der Waals surface area contributed by atoms with Gasteiger partial charge in [0.2, 0.25) is 0 Å². The second kappa shape index (κ2) is 5.53. The van der Waals surface area contributed by atoms with E-state index in [1.165, 1.54) is 11.1 Å². The number of nitrogens with zero attached hydrogens (tertiary/aromatic N) is 1. The van der Waals surface area contributed by atoms with Crippen LogP contribution >= 0.6 is 0 Å². The zero-order valence-electron chi connectivity index (χ0n) is 11.6. The molecule has 1 heteroatoms. The summed E-state index contributed by atoms with van der Waals surface area (Å²) in [5, 5.41) is 0. The SMILES string of the molecule is C=CC(=C)CN1CCc2c(cccc2C(C)C)C1. The first-order valence-corrected chi connectivity index (χ1v) is 6.75. The van der Waals surface area contributed by atoms with E-state index in [1.807, 2.05) is 6.08 Å². The summed E-state index contributed by atoms with van der Waals surface area (Å²) < 4.78 is 0. The van der Waals surface area contributed by atoms with Crippen LogP contribution in [0.15, 0.2) is 43.0 Å². The fraction of sp³-hybridized carbons (Fsp3) is 0.412. The normalized spacial score (nSPS) is 15.5. The second-order valence-electron chi connectivity index (χ2n) is 5.46. The number of hydrogen-bond donors (Lipinski definition) is 0. The Morgan fingerprint density at radius 3 is 2.89 bits per heavy atom. The van der Waals surface area contributed by atoms with Crippen LogP contribution in [0.5, 0.6) is 0 Å². The predicted molar refractivity (Wildman–Crippen MR) is 78.8 cm³/mol. The van der Waals surface area contributed by atoms with E-state index in [1.54, 1.807) is 5.56 Å². The Morgan fingerprint density at radius 2 is 2.22 bits per heavy atom. The lowest BCUT2D eigenvalue weighted by Gasteiger charge is -2.31. The Kier molecular flexibility index (Phi) is 4.03. The molecule has 1 aliphatic heterocycles. The highest BCUT2D eigenvalue weighted by Gasteiger charge is 2.19. The summed E-state index contributed by atoms with van der Waals surface area (Å²) in [6, 6.07) is 6.74. The molecule has 1 aromatic rings. The van der Waals surface area contributed by atoms with Crippen molar-refractivity contribution in [2.24, 2.45) is 0 Å². The van der Waals surface area contributed by atoms with Crippen LogP contribution < -0.4 is 0 Å². The fourth-order valence-corrected chi connectivity index (χ4v) is 2.73. The minimum atomic E-state index is 0.620. The van der Waals surface area contributed by atoms with E-state index in [0.29, 0.717) is 5.92 Å². The molecule has 0 bridgehead atoms. The van der Waals surface area contributed by atoms with Crippen LogP contribution in [0.2, 0.25) is 0 Å². The van der Waals surface area contributed by atoms with Crippen LogP contribution in [0, 0.1) is 0 Å². The molecule has 1 aliphatic rings. The minimum absolute atomic E-state index is 0.620. The van der Waals surface area contributed by atoms with Crippen LogP contribution in [0.1, 0.15) is 36.5 Å². The van der Waals surface area contributed by atoms with E-state index in [-0.39, 0.29) is 0 Å². The van der Waals surface area contributed by atoms with Crippen LogP contribution in [0.4, 0.5) is 0 Å². The number of benzene rings is 1. The van der Waals surface area contributed by atoms with Gasteiger partial charge >= 0.3 is 0 Å². The molecule has 1 aromatic carbocycles. The average Bonchev–Trinajstić information content (AvgIpc) is 2.37. The molecule has 96 valence electrons. The van der Waals surface area contributed by atoms with Crippen molar-refractivity contribution < 1.29 is 0 Å². The largest absolute Gasteiger partial charge is 0.295 e. The van der Waals surface area contributed by atoms with Gasteiger partial charge in [0.05, 0.1) is 0 Å². The third-order valence-corrected chi connectivity index (χ3v) is 3.72. The first-order chi connectivity index (χ1) is 8.61. The Morgan fingerprint density at radius 1 is 1.44 bits per heavy atom. The molecule has 0 amide bonds. The molecule has 0 radical (unpaired) electrons. The van der Waals surface area contributed by atoms with Crippen LogP contribution in [0.3, 0.4) is 0 Å². The summed E-state index contributed by atoms with van der Waals surface area (Å²) in [6.07, 6.45) is 3.02. The summed E-state index contributed by atoms with van der Waals surface area (Å²) in [4.78, 5) is 2.45. The zero-order chi connectivity index (χ0) is 13.1. The summed E-state index contributed by atoms with van der Waals surface area (Å²) in [6.45, 7) is 15.5. The molecule has 2 rings (SSSR count). The van der Waals surface area contributed by atoms with Gasteiger partial charge in [-0.3, -0.25) is 4.90 Å². The molecule has 0 saturated carbocycles. The van der Waals surface area contributed by atoms with Crippen molar-refractivity contribution >= 4 is 0 Å². The highest BCUT2D eigenvalue weighted by Crippen LogP contribution is 2.27. The van der Waals surface area contributed by atoms with Gasteiger partial charge < -0.3 is 0 Å². The summed E-state index contributed by atoms with van der Waals surface area (Å²) in [7, 11) is 0. The van der Waals surface area contributed by atoms with Gasteiger partial charge in [-0.05, 0) is 34.6 Å². The molecule has 18 heavy (non-hydrogen) atoms. The third-order valence-electron chi connectivity index (χ3n) is 3.72. The Labute approximate surface area is 111 Å². The summed E-state index contributed by atoms with van der Waals surface area (Å²) in [5.41, 5.74) is 5.70. The first-order valence-electron chi connectivity index (χ1n) is 6.75. The lowest BCUT2D eigenvalue weighted by Crippen LogP contribution is -2.32. The van der Waals surface area contributed by atoms with Crippen LogP contribution in [-0.4, -0.2) is 18.0 Å². The van der Waals surface area contributed by atoms with E-state index < -0.39 is 0 Å². The van der Waals surface area contributed by atoms with Crippen LogP contribution in [0.25, 0.3) is 0 Å². The van der Waals surface area contributed by atoms with Gasteiger partial charge in [0.15, 0.2) is 0 Å². The monoisotopic (exact) mass is 241 g/mol. The van der Waals surface area contributed by atoms with Crippen molar-refractivity contribution in [3.63, 3.8) is 0 Å². The van der Waals surface area contributed by atoms with Gasteiger partial charge in [0.1, 0.15) is 0 Å². The average molecular weight is 241 g/mol. The van der Waals surface area contributed by atoms with Crippen molar-refractivity contribution in [1.29, 1.82) is 0 Å². The molecule has 0 saturated heterocycles. The van der Waals surface area contributed by atoms with E-state index in [4.69, 9.17) is 0 Å². The van der Waals surface area contributed by atoms with Gasteiger partial charge in [0.25, 0.3) is 0 Å². The molecule has 0 aliphatic carbocycles. The second-order valence-corrected chi connectivity index (χ2v) is 5.46. The summed E-state index contributed by atoms with van der Waals surface area (Å²) >= 11 is 0. The molecule has 1 heterocycles. The quantitative estimate of drug-likeness (QED) is 0.722. The Bertz CT molecular complexity index is 457. The molecule has 1 nitrogen and oxygen atoms in total. The van der Waals surface area contributed by atoms with Gasteiger partial charge in [-0.1, -0.05) is 51.3 Å². The highest BCUT2D eigenvalue weighted by molar-refractivity contribution is 5.39. The summed E-state index contributed by atoms with van der Waals surface area (Å²) in [5.74, 6) is 0.620. The Hall–Kier alpha value is -1.34. The molecule has 0 spiro atoms. The molecular weight excluding hydrogens is 218 g/mol. The van der Waals surface area contributed by atoms with Crippen LogP contribution in [-0.2, 0) is 13.0 Å². The van der Waals surface area contributed by atoms with Crippen molar-refractivity contribution in [3.8, 4) is 0 Å². The minimum Gasteiger partial charge on any atom is -0.295 e. The van der Waals surface area contributed by atoms with E-state index in [2.05, 4.69) is 50.1 Å². The molecule has 0 fully saturated rings. The third kappa shape index (κ3) is 2.73. The van der Waals surface area contributed by atoms with E-state index >= 15 is 0 Å². The maximum absolute atomic E-state index is 4.01. The molecule has 0 unspecified atom stereocenters.